The van der Waals surface area contributed by atoms with Gasteiger partial charge in [-0.1, -0.05) is 27.2 Å². The topological polar surface area (TPSA) is 142 Å². The van der Waals surface area contributed by atoms with Gasteiger partial charge in [0.15, 0.2) is 19.5 Å². The van der Waals surface area contributed by atoms with Crippen LogP contribution in [-0.2, 0) is 42.9 Å². The van der Waals surface area contributed by atoms with Gasteiger partial charge in [0, 0.05) is 6.42 Å². The molecule has 3 fully saturated rings. The molecule has 9 unspecified atom stereocenters. The molecule has 10 nitrogen and oxygen atoms in total. The highest BCUT2D eigenvalue weighted by molar-refractivity contribution is 6.52. The van der Waals surface area contributed by atoms with Crippen molar-refractivity contribution in [2.24, 2.45) is 23.2 Å². The lowest BCUT2D eigenvalue weighted by molar-refractivity contribution is -0.201. The monoisotopic (exact) mass is 688 g/mol. The summed E-state index contributed by atoms with van der Waals surface area (Å²) >= 11 is 26.9. The van der Waals surface area contributed by atoms with Crippen molar-refractivity contribution in [1.29, 1.82) is 0 Å². The Labute approximate surface area is 271 Å². The molecule has 9 atom stereocenters. The summed E-state index contributed by atoms with van der Waals surface area (Å²) in [6, 6.07) is 0. The minimum absolute atomic E-state index is 0.0554. The van der Waals surface area contributed by atoms with Crippen LogP contribution in [0.25, 0.3) is 0 Å². The SMILES string of the molecule is CC1CCC(C(C)C)C(OC(=O)C(Cl)(CC(C)(C(=O)OC2CCCCO2)C2(Cl)C(=O)OC(=O)C2(C)Cl)C(C)(Cl)C(=O)O)C1. The Morgan fingerprint density at radius 1 is 1.02 bits per heavy atom. The first-order chi connectivity index (χ1) is 19.7. The number of hydrogen-bond acceptors (Lipinski definition) is 9. The number of hydrogen-bond donors (Lipinski definition) is 1. The first-order valence-electron chi connectivity index (χ1n) is 14.5. The quantitative estimate of drug-likeness (QED) is 0.134. The van der Waals surface area contributed by atoms with Crippen LogP contribution in [0.15, 0.2) is 0 Å². The Hall–Kier alpha value is -1.33. The van der Waals surface area contributed by atoms with Gasteiger partial charge < -0.3 is 24.1 Å². The van der Waals surface area contributed by atoms with E-state index < -0.39 is 73.6 Å². The third kappa shape index (κ3) is 6.25. The molecule has 0 amide bonds. The fourth-order valence-electron chi connectivity index (χ4n) is 6.28. The lowest BCUT2D eigenvalue weighted by Crippen LogP contribution is -2.67. The number of rotatable bonds is 10. The molecule has 0 aromatic carbocycles. The summed E-state index contributed by atoms with van der Waals surface area (Å²) < 4.78 is 21.8. The average Bonchev–Trinajstić information content (AvgIpc) is 3.07. The van der Waals surface area contributed by atoms with E-state index in [1.165, 1.54) is 0 Å². The first kappa shape index (κ1) is 36.1. The Balaban J connectivity index is 2.16. The standard InChI is InChI=1S/C29H40Cl4O10/c1-15(2)17-11-10-16(3)13-18(17)41-23(38)28(32,26(5,30)20(34)35)14-25(4,21(36)42-19-9-7-8-12-40-19)29(33)24(39)43-22(37)27(29,6)31/h15-19H,7-14H2,1-6H3,(H,34,35). The summed E-state index contributed by atoms with van der Waals surface area (Å²) in [7, 11) is 0. The van der Waals surface area contributed by atoms with Crippen molar-refractivity contribution in [1.82, 2.24) is 0 Å². The van der Waals surface area contributed by atoms with Crippen LogP contribution in [0, 0.1) is 23.2 Å². The number of ether oxygens (including phenoxy) is 4. The van der Waals surface area contributed by atoms with Crippen LogP contribution in [0.5, 0.6) is 0 Å². The second-order valence-electron chi connectivity index (χ2n) is 12.9. The number of carboxylic acids is 1. The van der Waals surface area contributed by atoms with E-state index in [1.807, 2.05) is 20.8 Å². The van der Waals surface area contributed by atoms with Crippen molar-refractivity contribution in [3.63, 3.8) is 0 Å². The van der Waals surface area contributed by atoms with Crippen molar-refractivity contribution in [2.45, 2.75) is 118 Å². The zero-order chi connectivity index (χ0) is 32.8. The van der Waals surface area contributed by atoms with E-state index in [-0.39, 0.29) is 24.4 Å². The summed E-state index contributed by atoms with van der Waals surface area (Å²) in [4.78, 5) is 56.3. The molecule has 0 radical (unpaired) electrons. The molecular weight excluding hydrogens is 650 g/mol. The molecule has 3 aliphatic rings. The van der Waals surface area contributed by atoms with Gasteiger partial charge in [0.05, 0.1) is 12.0 Å². The zero-order valence-electron chi connectivity index (χ0n) is 25.2. The minimum atomic E-state index is -2.75. The molecule has 0 aromatic rings. The second kappa shape index (κ2) is 12.8. The van der Waals surface area contributed by atoms with E-state index in [9.17, 15) is 29.1 Å². The molecule has 2 aliphatic heterocycles. The number of carboxylic acid groups (broad SMARTS) is 1. The van der Waals surface area contributed by atoms with Crippen LogP contribution in [0.3, 0.4) is 0 Å². The molecule has 1 N–H and O–H groups in total. The highest BCUT2D eigenvalue weighted by Gasteiger charge is 2.78. The van der Waals surface area contributed by atoms with Gasteiger partial charge in [-0.3, -0.25) is 14.4 Å². The molecule has 0 spiro atoms. The second-order valence-corrected chi connectivity index (χ2v) is 15.7. The maximum absolute atomic E-state index is 14.1. The number of esters is 4. The summed E-state index contributed by atoms with van der Waals surface area (Å²) in [5.41, 5.74) is -2.49. The third-order valence-corrected chi connectivity index (χ3v) is 12.1. The predicted molar refractivity (Wildman–Crippen MR) is 158 cm³/mol. The van der Waals surface area contributed by atoms with Gasteiger partial charge in [0.25, 0.3) is 0 Å². The Morgan fingerprint density at radius 2 is 1.65 bits per heavy atom. The van der Waals surface area contributed by atoms with Crippen LogP contribution < -0.4 is 0 Å². The molecule has 0 aromatic heterocycles. The average molecular weight is 690 g/mol. The summed E-state index contributed by atoms with van der Waals surface area (Å²) in [6.07, 6.45) is 1.14. The van der Waals surface area contributed by atoms with Gasteiger partial charge in [-0.2, -0.15) is 0 Å². The van der Waals surface area contributed by atoms with E-state index in [2.05, 4.69) is 0 Å². The lowest BCUT2D eigenvalue weighted by Gasteiger charge is -2.47. The molecular formula is C29H40Cl4O10. The van der Waals surface area contributed by atoms with Crippen LogP contribution in [0.2, 0.25) is 0 Å². The van der Waals surface area contributed by atoms with Crippen molar-refractivity contribution in [2.75, 3.05) is 6.61 Å². The van der Waals surface area contributed by atoms with E-state index >= 15 is 0 Å². The maximum Gasteiger partial charge on any atom is 0.338 e. The zero-order valence-corrected chi connectivity index (χ0v) is 28.2. The Bertz CT molecular complexity index is 1140. The number of carbonyl (C=O) groups excluding carboxylic acids is 4. The largest absolute Gasteiger partial charge is 0.480 e. The van der Waals surface area contributed by atoms with Crippen LogP contribution in [0.4, 0.5) is 0 Å². The number of cyclic esters (lactones) is 2. The van der Waals surface area contributed by atoms with Crippen molar-refractivity contribution >= 4 is 76.3 Å². The molecule has 0 bridgehead atoms. The normalized spacial score (nSPS) is 35.7. The van der Waals surface area contributed by atoms with Crippen molar-refractivity contribution in [3.05, 3.63) is 0 Å². The molecule has 14 heteroatoms. The van der Waals surface area contributed by atoms with Crippen LogP contribution >= 0.6 is 46.4 Å². The van der Waals surface area contributed by atoms with Gasteiger partial charge in [-0.25, -0.2) is 9.59 Å². The summed E-state index contributed by atoms with van der Waals surface area (Å²) in [5, 5.41) is 10.2. The van der Waals surface area contributed by atoms with E-state index in [0.717, 1.165) is 40.0 Å². The van der Waals surface area contributed by atoms with Crippen molar-refractivity contribution < 1.29 is 48.0 Å². The van der Waals surface area contributed by atoms with Crippen molar-refractivity contribution in [3.8, 4) is 0 Å². The summed E-state index contributed by atoms with van der Waals surface area (Å²) in [5.74, 6) is -6.57. The van der Waals surface area contributed by atoms with E-state index in [1.54, 1.807) is 0 Å². The maximum atomic E-state index is 14.1. The molecule has 244 valence electrons. The Kier molecular flexibility index (Phi) is 10.8. The number of carbonyl (C=O) groups is 5. The van der Waals surface area contributed by atoms with Crippen LogP contribution in [0.1, 0.15) is 86.5 Å². The smallest absolute Gasteiger partial charge is 0.338 e. The van der Waals surface area contributed by atoms with Gasteiger partial charge in [0.2, 0.25) is 6.29 Å². The minimum Gasteiger partial charge on any atom is -0.480 e. The fraction of sp³-hybridized carbons (Fsp3) is 0.828. The third-order valence-electron chi connectivity index (χ3n) is 9.37. The van der Waals surface area contributed by atoms with E-state index in [0.29, 0.717) is 19.3 Å². The highest BCUT2D eigenvalue weighted by atomic mass is 35.5. The number of halogens is 4. The van der Waals surface area contributed by atoms with Gasteiger partial charge in [-0.15, -0.1) is 46.4 Å². The first-order valence-corrected chi connectivity index (χ1v) is 16.0. The molecule has 2 heterocycles. The number of alkyl halides is 4. The number of aliphatic carboxylic acids is 1. The Morgan fingerprint density at radius 3 is 2.14 bits per heavy atom. The highest BCUT2D eigenvalue weighted by Crippen LogP contribution is 2.59. The fourth-order valence-corrected chi connectivity index (χ4v) is 7.40. The molecule has 1 aliphatic carbocycles. The molecule has 3 rings (SSSR count). The van der Waals surface area contributed by atoms with Crippen LogP contribution in [-0.4, -0.2) is 73.5 Å². The molecule has 2 saturated heterocycles. The van der Waals surface area contributed by atoms with E-state index in [4.69, 9.17) is 65.4 Å². The van der Waals surface area contributed by atoms with Gasteiger partial charge in [0.1, 0.15) is 6.10 Å². The van der Waals surface area contributed by atoms with Gasteiger partial charge >= 0.3 is 29.8 Å². The predicted octanol–water partition coefficient (Wildman–Crippen LogP) is 5.57. The molecule has 1 saturated carbocycles. The molecule has 43 heavy (non-hydrogen) atoms. The lowest BCUT2D eigenvalue weighted by atomic mass is 9.64. The van der Waals surface area contributed by atoms with Gasteiger partial charge in [-0.05, 0) is 70.6 Å². The summed E-state index contributed by atoms with van der Waals surface area (Å²) in [6.45, 7) is 9.42.